The fourth-order valence-electron chi connectivity index (χ4n) is 3.00. The highest BCUT2D eigenvalue weighted by Crippen LogP contribution is 2.30. The molecule has 11 heteroatoms. The molecule has 0 aliphatic carbocycles. The van der Waals surface area contributed by atoms with Crippen LogP contribution in [0.3, 0.4) is 0 Å². The highest BCUT2D eigenvalue weighted by atomic mass is 79.9. The van der Waals surface area contributed by atoms with Crippen LogP contribution in [-0.4, -0.2) is 58.1 Å². The smallest absolute Gasteiger partial charge is 0.244 e. The summed E-state index contributed by atoms with van der Waals surface area (Å²) in [5.41, 5.74) is 0.999. The van der Waals surface area contributed by atoms with Crippen molar-refractivity contribution < 1.29 is 22.7 Å². The number of methoxy groups -OCH3 is 1. The van der Waals surface area contributed by atoms with E-state index < -0.39 is 28.5 Å². The first-order valence-corrected chi connectivity index (χ1v) is 12.6. The number of benzene rings is 2. The van der Waals surface area contributed by atoms with E-state index >= 15 is 0 Å². The number of carbonyl (C=O) groups is 2. The maximum atomic E-state index is 13.3. The van der Waals surface area contributed by atoms with Gasteiger partial charge in [-0.15, -0.1) is 0 Å². The molecular weight excluding hydrogens is 522 g/mol. The van der Waals surface area contributed by atoms with E-state index in [0.717, 1.165) is 20.6 Å². The summed E-state index contributed by atoms with van der Waals surface area (Å²) >= 11 is 9.52. The number of amides is 2. The van der Waals surface area contributed by atoms with Gasteiger partial charge in [0.2, 0.25) is 21.8 Å². The molecule has 0 spiro atoms. The SMILES string of the molecule is CNC(=O)[C@H](C)N(Cc1ccc(Br)cc1)C(=O)CN(c1ccc(OC)c(Cl)c1)S(C)(=O)=O. The molecule has 0 heterocycles. The Balaban J connectivity index is 2.39. The monoisotopic (exact) mass is 545 g/mol. The largest absolute Gasteiger partial charge is 0.495 e. The zero-order valence-electron chi connectivity index (χ0n) is 18.1. The molecule has 0 bridgehead atoms. The normalized spacial score (nSPS) is 12.1. The third kappa shape index (κ3) is 6.60. The van der Waals surface area contributed by atoms with Crippen molar-refractivity contribution >= 4 is 55.1 Å². The molecule has 32 heavy (non-hydrogen) atoms. The molecule has 2 aromatic carbocycles. The van der Waals surface area contributed by atoms with E-state index in [0.29, 0.717) is 5.75 Å². The summed E-state index contributed by atoms with van der Waals surface area (Å²) < 4.78 is 31.9. The van der Waals surface area contributed by atoms with Gasteiger partial charge in [-0.2, -0.15) is 0 Å². The quantitative estimate of drug-likeness (QED) is 0.522. The van der Waals surface area contributed by atoms with Crippen molar-refractivity contribution in [3.05, 3.63) is 57.5 Å². The molecule has 0 aromatic heterocycles. The second-order valence-electron chi connectivity index (χ2n) is 7.03. The number of nitrogens with zero attached hydrogens (tertiary/aromatic N) is 2. The van der Waals surface area contributed by atoms with Crippen LogP contribution < -0.4 is 14.4 Å². The predicted octanol–water partition coefficient (Wildman–Crippen LogP) is 3.04. The van der Waals surface area contributed by atoms with Crippen molar-refractivity contribution in [1.82, 2.24) is 10.2 Å². The number of hydrogen-bond acceptors (Lipinski definition) is 5. The molecule has 0 radical (unpaired) electrons. The van der Waals surface area contributed by atoms with Crippen LogP contribution in [0.2, 0.25) is 5.02 Å². The minimum absolute atomic E-state index is 0.127. The Morgan fingerprint density at radius 1 is 1.19 bits per heavy atom. The van der Waals surface area contributed by atoms with E-state index in [1.165, 1.54) is 37.3 Å². The zero-order chi connectivity index (χ0) is 24.1. The predicted molar refractivity (Wildman–Crippen MR) is 128 cm³/mol. The van der Waals surface area contributed by atoms with Gasteiger partial charge in [0.25, 0.3) is 0 Å². The first-order chi connectivity index (χ1) is 15.0. The Hall–Kier alpha value is -2.30. The van der Waals surface area contributed by atoms with Crippen LogP contribution in [-0.2, 0) is 26.2 Å². The van der Waals surface area contributed by atoms with E-state index in [4.69, 9.17) is 16.3 Å². The Kier molecular flexibility index (Phi) is 8.94. The summed E-state index contributed by atoms with van der Waals surface area (Å²) in [5, 5.41) is 2.73. The molecule has 0 saturated carbocycles. The third-order valence-electron chi connectivity index (χ3n) is 4.78. The molecule has 1 N–H and O–H groups in total. The first-order valence-electron chi connectivity index (χ1n) is 9.54. The minimum atomic E-state index is -3.83. The van der Waals surface area contributed by atoms with Crippen LogP contribution in [0.5, 0.6) is 5.75 Å². The minimum Gasteiger partial charge on any atom is -0.495 e. The molecule has 8 nitrogen and oxygen atoms in total. The lowest BCUT2D eigenvalue weighted by molar-refractivity contribution is -0.139. The van der Waals surface area contributed by atoms with Gasteiger partial charge in [-0.1, -0.05) is 39.7 Å². The number of ether oxygens (including phenoxy) is 1. The highest BCUT2D eigenvalue weighted by molar-refractivity contribution is 9.10. The van der Waals surface area contributed by atoms with Gasteiger partial charge in [0, 0.05) is 18.1 Å². The van der Waals surface area contributed by atoms with Gasteiger partial charge < -0.3 is 15.0 Å². The average Bonchev–Trinajstić information content (AvgIpc) is 2.75. The van der Waals surface area contributed by atoms with Crippen LogP contribution in [0.25, 0.3) is 0 Å². The van der Waals surface area contributed by atoms with Gasteiger partial charge in [-0.25, -0.2) is 8.42 Å². The molecule has 2 rings (SSSR count). The van der Waals surface area contributed by atoms with Crippen LogP contribution in [0.4, 0.5) is 5.69 Å². The summed E-state index contributed by atoms with van der Waals surface area (Å²) in [6.45, 7) is 1.21. The van der Waals surface area contributed by atoms with E-state index in [9.17, 15) is 18.0 Å². The van der Waals surface area contributed by atoms with Crippen molar-refractivity contribution in [3.8, 4) is 5.75 Å². The Labute approximate surface area is 201 Å². The number of carbonyl (C=O) groups excluding carboxylic acids is 2. The first kappa shape index (κ1) is 26.0. The number of halogens is 2. The summed E-state index contributed by atoms with van der Waals surface area (Å²) in [6, 6.07) is 10.9. The van der Waals surface area contributed by atoms with E-state index in [1.54, 1.807) is 6.92 Å². The Morgan fingerprint density at radius 3 is 2.31 bits per heavy atom. The van der Waals surface area contributed by atoms with E-state index in [-0.39, 0.29) is 23.2 Å². The molecule has 2 aromatic rings. The van der Waals surface area contributed by atoms with E-state index in [2.05, 4.69) is 21.2 Å². The number of hydrogen-bond donors (Lipinski definition) is 1. The number of likely N-dealkylation sites (N-methyl/N-ethyl adjacent to an activating group) is 1. The van der Waals surface area contributed by atoms with Gasteiger partial charge in [0.05, 0.1) is 24.1 Å². The number of sulfonamides is 1. The molecule has 0 unspecified atom stereocenters. The molecule has 0 aliphatic heterocycles. The fraction of sp³-hybridized carbons (Fsp3) is 0.333. The van der Waals surface area contributed by atoms with Crippen LogP contribution in [0.15, 0.2) is 46.9 Å². The fourth-order valence-corrected chi connectivity index (χ4v) is 4.36. The topological polar surface area (TPSA) is 96.0 Å². The van der Waals surface area contributed by atoms with Crippen LogP contribution >= 0.6 is 27.5 Å². The van der Waals surface area contributed by atoms with Crippen molar-refractivity contribution in [2.75, 3.05) is 31.3 Å². The second-order valence-corrected chi connectivity index (χ2v) is 10.3. The van der Waals surface area contributed by atoms with E-state index in [1.807, 2.05) is 24.3 Å². The van der Waals surface area contributed by atoms with Gasteiger partial charge in [0.1, 0.15) is 18.3 Å². The van der Waals surface area contributed by atoms with Crippen molar-refractivity contribution in [1.29, 1.82) is 0 Å². The lowest BCUT2D eigenvalue weighted by Gasteiger charge is -2.31. The highest BCUT2D eigenvalue weighted by Gasteiger charge is 2.30. The average molecular weight is 547 g/mol. The van der Waals surface area contributed by atoms with Gasteiger partial charge in [0.15, 0.2) is 0 Å². The molecule has 174 valence electrons. The standard InChI is InChI=1S/C21H25BrClN3O5S/c1-14(21(28)24-2)25(12-15-5-7-16(22)8-6-15)20(27)13-26(32(4,29)30)17-9-10-19(31-3)18(23)11-17/h5-11,14H,12-13H2,1-4H3,(H,24,28)/t14-/m0/s1. The maximum absolute atomic E-state index is 13.3. The van der Waals surface area contributed by atoms with Crippen molar-refractivity contribution in [3.63, 3.8) is 0 Å². The van der Waals surface area contributed by atoms with Gasteiger partial charge >= 0.3 is 0 Å². The molecule has 2 amide bonds. The van der Waals surface area contributed by atoms with Crippen molar-refractivity contribution in [2.45, 2.75) is 19.5 Å². The lowest BCUT2D eigenvalue weighted by atomic mass is 10.1. The summed E-state index contributed by atoms with van der Waals surface area (Å²) in [4.78, 5) is 26.9. The molecule has 0 saturated heterocycles. The molecule has 1 atom stereocenters. The number of nitrogens with one attached hydrogen (secondary N) is 1. The number of rotatable bonds is 9. The lowest BCUT2D eigenvalue weighted by Crippen LogP contribution is -2.50. The van der Waals surface area contributed by atoms with Crippen molar-refractivity contribution in [2.24, 2.45) is 0 Å². The van der Waals surface area contributed by atoms with Crippen LogP contribution in [0.1, 0.15) is 12.5 Å². The number of anilines is 1. The Morgan fingerprint density at radius 2 is 1.81 bits per heavy atom. The Bertz CT molecular complexity index is 1080. The summed E-state index contributed by atoms with van der Waals surface area (Å²) in [6.07, 6.45) is 1.000. The maximum Gasteiger partial charge on any atom is 0.244 e. The zero-order valence-corrected chi connectivity index (χ0v) is 21.3. The van der Waals surface area contributed by atoms with Gasteiger partial charge in [-0.05, 0) is 42.8 Å². The second kappa shape index (κ2) is 11.0. The summed E-state index contributed by atoms with van der Waals surface area (Å²) in [5.74, 6) is -0.532. The molecule has 0 aliphatic rings. The van der Waals surface area contributed by atoms with Crippen LogP contribution in [0, 0.1) is 0 Å². The summed E-state index contributed by atoms with van der Waals surface area (Å²) in [7, 11) is -0.914. The third-order valence-corrected chi connectivity index (χ3v) is 6.75. The molecule has 0 fully saturated rings. The van der Waals surface area contributed by atoms with Gasteiger partial charge in [-0.3, -0.25) is 13.9 Å². The molecular formula is C21H25BrClN3O5S.